The van der Waals surface area contributed by atoms with Gasteiger partial charge >= 0.3 is 0 Å². The van der Waals surface area contributed by atoms with Gasteiger partial charge in [0.2, 0.25) is 11.9 Å². The SMILES string of the molecule is CC(=O)c1cccc(NC(=O)CN2CCN(c3ccnc(F)c3)CC2)c1. The van der Waals surface area contributed by atoms with Crippen molar-refractivity contribution < 1.29 is 14.0 Å². The Hall–Kier alpha value is -2.80. The Morgan fingerprint density at radius 3 is 2.62 bits per heavy atom. The summed E-state index contributed by atoms with van der Waals surface area (Å²) in [6.07, 6.45) is 1.46. The van der Waals surface area contributed by atoms with Crippen LogP contribution in [0, 0.1) is 5.95 Å². The monoisotopic (exact) mass is 356 g/mol. The number of ketones is 1. The summed E-state index contributed by atoms with van der Waals surface area (Å²) in [5.41, 5.74) is 2.00. The normalized spacial score (nSPS) is 14.9. The number of nitrogens with zero attached hydrogens (tertiary/aromatic N) is 3. The third kappa shape index (κ3) is 4.64. The highest BCUT2D eigenvalue weighted by Crippen LogP contribution is 2.16. The van der Waals surface area contributed by atoms with Crippen LogP contribution in [0.1, 0.15) is 17.3 Å². The van der Waals surface area contributed by atoms with Crippen molar-refractivity contribution in [1.82, 2.24) is 9.88 Å². The molecule has 0 bridgehead atoms. The number of carbonyl (C=O) groups is 2. The lowest BCUT2D eigenvalue weighted by molar-refractivity contribution is -0.117. The van der Waals surface area contributed by atoms with E-state index in [9.17, 15) is 14.0 Å². The topological polar surface area (TPSA) is 65.5 Å². The van der Waals surface area contributed by atoms with Crippen molar-refractivity contribution in [2.45, 2.75) is 6.92 Å². The second-order valence-corrected chi connectivity index (χ2v) is 6.29. The average molecular weight is 356 g/mol. The molecule has 6 nitrogen and oxygen atoms in total. The van der Waals surface area contributed by atoms with Crippen molar-refractivity contribution in [1.29, 1.82) is 0 Å². The van der Waals surface area contributed by atoms with Crippen LogP contribution in [-0.2, 0) is 4.79 Å². The van der Waals surface area contributed by atoms with Crippen molar-refractivity contribution in [2.24, 2.45) is 0 Å². The van der Waals surface area contributed by atoms with Crippen molar-refractivity contribution in [3.05, 3.63) is 54.1 Å². The summed E-state index contributed by atoms with van der Waals surface area (Å²) in [5, 5.41) is 2.83. The first-order chi connectivity index (χ1) is 12.5. The van der Waals surface area contributed by atoms with Gasteiger partial charge in [0.15, 0.2) is 5.78 Å². The Kier molecular flexibility index (Phi) is 5.58. The number of piperazine rings is 1. The number of carbonyl (C=O) groups excluding carboxylic acids is 2. The Bertz CT molecular complexity index is 804. The summed E-state index contributed by atoms with van der Waals surface area (Å²) in [7, 11) is 0. The lowest BCUT2D eigenvalue weighted by Gasteiger charge is -2.35. The molecule has 1 amide bonds. The summed E-state index contributed by atoms with van der Waals surface area (Å²) < 4.78 is 13.2. The summed E-state index contributed by atoms with van der Waals surface area (Å²) in [6.45, 7) is 4.64. The van der Waals surface area contributed by atoms with Crippen molar-refractivity contribution >= 4 is 23.1 Å². The largest absolute Gasteiger partial charge is 0.369 e. The van der Waals surface area contributed by atoms with Gasteiger partial charge in [-0.1, -0.05) is 12.1 Å². The van der Waals surface area contributed by atoms with Crippen LogP contribution in [0.2, 0.25) is 0 Å². The molecule has 1 aliphatic rings. The van der Waals surface area contributed by atoms with E-state index in [1.807, 2.05) is 0 Å². The van der Waals surface area contributed by atoms with E-state index >= 15 is 0 Å². The van der Waals surface area contributed by atoms with Gasteiger partial charge in [0, 0.05) is 55.4 Å². The molecular formula is C19H21FN4O2. The molecule has 1 saturated heterocycles. The molecule has 1 N–H and O–H groups in total. The molecule has 1 aromatic carbocycles. The Labute approximate surface area is 151 Å². The minimum absolute atomic E-state index is 0.0373. The molecule has 1 aromatic heterocycles. The molecular weight excluding hydrogens is 335 g/mol. The maximum Gasteiger partial charge on any atom is 0.238 e. The van der Waals surface area contributed by atoms with Gasteiger partial charge in [-0.2, -0.15) is 4.39 Å². The van der Waals surface area contributed by atoms with Crippen LogP contribution in [-0.4, -0.2) is 54.3 Å². The highest BCUT2D eigenvalue weighted by atomic mass is 19.1. The zero-order valence-corrected chi connectivity index (χ0v) is 14.6. The quantitative estimate of drug-likeness (QED) is 0.657. The molecule has 7 heteroatoms. The van der Waals surface area contributed by atoms with Gasteiger partial charge < -0.3 is 10.2 Å². The molecule has 3 rings (SSSR count). The van der Waals surface area contributed by atoms with E-state index < -0.39 is 5.95 Å². The molecule has 2 aromatic rings. The molecule has 0 saturated carbocycles. The first-order valence-electron chi connectivity index (χ1n) is 8.51. The fourth-order valence-electron chi connectivity index (χ4n) is 2.97. The zero-order chi connectivity index (χ0) is 18.5. The molecule has 136 valence electrons. The molecule has 2 heterocycles. The number of aromatic nitrogens is 1. The minimum Gasteiger partial charge on any atom is -0.369 e. The molecule has 0 radical (unpaired) electrons. The third-order valence-electron chi connectivity index (χ3n) is 4.37. The Balaban J connectivity index is 1.50. The van der Waals surface area contributed by atoms with Crippen molar-refractivity contribution in [3.8, 4) is 0 Å². The highest BCUT2D eigenvalue weighted by Gasteiger charge is 2.19. The first kappa shape index (κ1) is 18.0. The number of pyridine rings is 1. The molecule has 0 aliphatic carbocycles. The molecule has 0 unspecified atom stereocenters. The second kappa shape index (κ2) is 8.05. The van der Waals surface area contributed by atoms with E-state index in [0.29, 0.717) is 24.3 Å². The average Bonchev–Trinajstić information content (AvgIpc) is 2.62. The molecule has 1 aliphatic heterocycles. The van der Waals surface area contributed by atoms with Gasteiger partial charge in [0.05, 0.1) is 6.54 Å². The molecule has 1 fully saturated rings. The van der Waals surface area contributed by atoms with Crippen LogP contribution in [0.15, 0.2) is 42.6 Å². The number of nitrogens with one attached hydrogen (secondary N) is 1. The predicted octanol–water partition coefficient (Wildman–Crippen LogP) is 2.18. The number of Topliss-reactive ketones (excluding diaryl/α,β-unsaturated/α-hetero) is 1. The maximum absolute atomic E-state index is 13.2. The summed E-state index contributed by atoms with van der Waals surface area (Å²) in [5.74, 6) is -0.643. The van der Waals surface area contributed by atoms with Crippen LogP contribution in [0.25, 0.3) is 0 Å². The van der Waals surface area contributed by atoms with E-state index in [-0.39, 0.29) is 18.2 Å². The fourth-order valence-corrected chi connectivity index (χ4v) is 2.97. The van der Waals surface area contributed by atoms with E-state index in [1.165, 1.54) is 19.2 Å². The summed E-state index contributed by atoms with van der Waals surface area (Å²) in [4.78, 5) is 31.4. The Morgan fingerprint density at radius 1 is 1.15 bits per heavy atom. The van der Waals surface area contributed by atoms with Crippen LogP contribution in [0.4, 0.5) is 15.8 Å². The molecule has 26 heavy (non-hydrogen) atoms. The number of hydrogen-bond acceptors (Lipinski definition) is 5. The minimum atomic E-state index is -0.489. The van der Waals surface area contributed by atoms with Gasteiger partial charge in [-0.25, -0.2) is 4.98 Å². The summed E-state index contributed by atoms with van der Waals surface area (Å²) >= 11 is 0. The van der Waals surface area contributed by atoms with Crippen LogP contribution < -0.4 is 10.2 Å². The smallest absolute Gasteiger partial charge is 0.238 e. The predicted molar refractivity (Wildman–Crippen MR) is 97.9 cm³/mol. The number of rotatable bonds is 5. The second-order valence-electron chi connectivity index (χ2n) is 6.29. The van der Waals surface area contributed by atoms with Gasteiger partial charge in [0.25, 0.3) is 0 Å². The first-order valence-corrected chi connectivity index (χ1v) is 8.51. The van der Waals surface area contributed by atoms with Crippen molar-refractivity contribution in [3.63, 3.8) is 0 Å². The van der Waals surface area contributed by atoms with E-state index in [2.05, 4.69) is 20.1 Å². The zero-order valence-electron chi connectivity index (χ0n) is 14.6. The standard InChI is InChI=1S/C19H21FN4O2/c1-14(25)15-3-2-4-16(11-15)22-19(26)13-23-7-9-24(10-8-23)17-5-6-21-18(20)12-17/h2-6,11-12H,7-10,13H2,1H3,(H,22,26). The number of halogens is 1. The maximum atomic E-state index is 13.2. The van der Waals surface area contributed by atoms with E-state index in [1.54, 1.807) is 30.3 Å². The fraction of sp³-hybridized carbons (Fsp3) is 0.316. The van der Waals surface area contributed by atoms with E-state index in [4.69, 9.17) is 0 Å². The molecule has 0 atom stereocenters. The number of hydrogen-bond donors (Lipinski definition) is 1. The number of anilines is 2. The lowest BCUT2D eigenvalue weighted by atomic mass is 10.1. The Morgan fingerprint density at radius 2 is 1.92 bits per heavy atom. The van der Waals surface area contributed by atoms with Gasteiger partial charge in [0.1, 0.15) is 0 Å². The van der Waals surface area contributed by atoms with Crippen LogP contribution >= 0.6 is 0 Å². The van der Waals surface area contributed by atoms with E-state index in [0.717, 1.165) is 18.8 Å². The van der Waals surface area contributed by atoms with Crippen molar-refractivity contribution in [2.75, 3.05) is 42.9 Å². The molecule has 0 spiro atoms. The van der Waals surface area contributed by atoms with Crippen LogP contribution in [0.3, 0.4) is 0 Å². The van der Waals surface area contributed by atoms with Gasteiger partial charge in [-0.3, -0.25) is 14.5 Å². The van der Waals surface area contributed by atoms with Crippen LogP contribution in [0.5, 0.6) is 0 Å². The highest BCUT2D eigenvalue weighted by molar-refractivity contribution is 5.97. The summed E-state index contributed by atoms with van der Waals surface area (Å²) in [6, 6.07) is 10.1. The van der Waals surface area contributed by atoms with Gasteiger partial charge in [-0.15, -0.1) is 0 Å². The lowest BCUT2D eigenvalue weighted by Crippen LogP contribution is -2.48. The number of amides is 1. The third-order valence-corrected chi connectivity index (χ3v) is 4.37. The number of benzene rings is 1. The van der Waals surface area contributed by atoms with Gasteiger partial charge in [-0.05, 0) is 25.1 Å².